The van der Waals surface area contributed by atoms with Gasteiger partial charge in [0.15, 0.2) is 0 Å². The maximum Gasteiger partial charge on any atom is 4.00 e. The smallest absolute Gasteiger partial charge is 0.668 e. The zero-order valence-electron chi connectivity index (χ0n) is 12.9. The largest absolute Gasteiger partial charge is 4.00 e. The Morgan fingerprint density at radius 2 is 0.895 bits per heavy atom. The van der Waals surface area contributed by atoms with Crippen molar-refractivity contribution >= 4 is 0 Å². The van der Waals surface area contributed by atoms with E-state index in [9.17, 15) is 0 Å². The summed E-state index contributed by atoms with van der Waals surface area (Å²) in [5.41, 5.74) is 0. The number of rotatable bonds is 0. The minimum atomic E-state index is 0. The van der Waals surface area contributed by atoms with E-state index >= 15 is 0 Å². The van der Waals surface area contributed by atoms with Crippen molar-refractivity contribution in [2.75, 3.05) is 42.3 Å². The summed E-state index contributed by atoms with van der Waals surface area (Å²) in [6.07, 6.45) is 14.7. The van der Waals surface area contributed by atoms with Crippen molar-refractivity contribution in [2.45, 2.75) is 0 Å². The van der Waals surface area contributed by atoms with Crippen LogP contribution in [0.3, 0.4) is 0 Å². The van der Waals surface area contributed by atoms with Gasteiger partial charge in [0.1, 0.15) is 0 Å². The number of hydrogen-bond donors (Lipinski definition) is 0. The number of fused-ring (bicyclic) bond motifs is 1. The van der Waals surface area contributed by atoms with Crippen LogP contribution in [0.2, 0.25) is 0 Å². The van der Waals surface area contributed by atoms with Gasteiger partial charge in [0.2, 0.25) is 0 Å². The van der Waals surface area contributed by atoms with E-state index < -0.39 is 0 Å². The van der Waals surface area contributed by atoms with Crippen LogP contribution in [0.4, 0.5) is 0 Å². The Hall–Kier alpha value is 0.0743. The molecule has 19 heavy (non-hydrogen) atoms. The van der Waals surface area contributed by atoms with E-state index in [1.807, 2.05) is 0 Å². The average Bonchev–Trinajstić information content (AvgIpc) is 2.80. The van der Waals surface area contributed by atoms with E-state index in [-0.39, 0.29) is 21.7 Å². The second-order valence-electron chi connectivity index (χ2n) is 3.50. The molecule has 1 saturated carbocycles. The predicted octanol–water partition coefficient (Wildman–Crippen LogP) is 3.74. The maximum absolute atomic E-state index is 3.50. The van der Waals surface area contributed by atoms with Crippen LogP contribution in [0.25, 0.3) is 16.0 Å². The molecular weight excluding hydrogens is 270 g/mol. The number of allylic oxidation sites excluding steroid dienone is 4. The first kappa shape index (κ1) is 24.1. The summed E-state index contributed by atoms with van der Waals surface area (Å²) in [4.78, 5) is 0. The summed E-state index contributed by atoms with van der Waals surface area (Å²) in [6.45, 7) is 0. The summed E-state index contributed by atoms with van der Waals surface area (Å²) in [5.74, 6) is 2.66. The van der Waals surface area contributed by atoms with Gasteiger partial charge in [-0.25, -0.2) is 0 Å². The fraction of sp³-hybridized carbons (Fsp3) is 0.400. The molecule has 4 heteroatoms. The molecule has 5 radical (unpaired) electrons. The Morgan fingerprint density at radius 1 is 0.632 bits per heavy atom. The fourth-order valence-corrected chi connectivity index (χ4v) is 1.07. The van der Waals surface area contributed by atoms with E-state index in [0.29, 0.717) is 0 Å². The summed E-state index contributed by atoms with van der Waals surface area (Å²) >= 11 is 0. The first-order valence-electron chi connectivity index (χ1n) is 5.75. The molecule has 3 nitrogen and oxygen atoms in total. The molecule has 0 unspecified atom stereocenters. The molecule has 0 aromatic heterocycles. The van der Waals surface area contributed by atoms with Crippen LogP contribution < -0.4 is 0 Å². The zero-order valence-corrected chi connectivity index (χ0v) is 14.4. The third-order valence-corrected chi connectivity index (χ3v) is 1.55. The van der Waals surface area contributed by atoms with Crippen molar-refractivity contribution in [1.82, 2.24) is 0 Å². The second-order valence-corrected chi connectivity index (χ2v) is 3.50. The minimum absolute atomic E-state index is 0. The predicted molar refractivity (Wildman–Crippen MR) is 83.3 cm³/mol. The Bertz CT molecular complexity index is 183. The van der Waals surface area contributed by atoms with Crippen LogP contribution in [-0.4, -0.2) is 42.3 Å². The van der Waals surface area contributed by atoms with E-state index in [1.54, 1.807) is 42.3 Å². The second kappa shape index (κ2) is 20.4. The van der Waals surface area contributed by atoms with Gasteiger partial charge in [-0.3, -0.25) is 0 Å². The molecule has 103 valence electrons. The molecule has 2 aliphatic carbocycles. The van der Waals surface area contributed by atoms with Gasteiger partial charge in [-0.05, 0) is 19.3 Å². The third kappa shape index (κ3) is 16.0. The summed E-state index contributed by atoms with van der Waals surface area (Å²) in [7, 11) is 10.5. The van der Waals surface area contributed by atoms with Crippen LogP contribution in [0.5, 0.6) is 0 Å². The molecule has 0 heterocycles. The van der Waals surface area contributed by atoms with Crippen molar-refractivity contribution < 1.29 is 21.7 Å². The molecule has 0 aliphatic heterocycles. The summed E-state index contributed by atoms with van der Waals surface area (Å²) in [6, 6.07) is 0. The Kier molecular flexibility index (Phi) is 25.9. The van der Waals surface area contributed by atoms with Gasteiger partial charge in [0.05, 0.1) is 0 Å². The molecular formula is C15H25N3Ti+. The molecule has 0 N–H and O–H groups in total. The van der Waals surface area contributed by atoms with Gasteiger partial charge in [0.25, 0.3) is 0 Å². The fourth-order valence-electron chi connectivity index (χ4n) is 1.07. The molecule has 0 amide bonds. The van der Waals surface area contributed by atoms with Gasteiger partial charge in [-0.1, -0.05) is 24.3 Å². The average molecular weight is 295 g/mol. The van der Waals surface area contributed by atoms with Crippen molar-refractivity contribution in [1.29, 1.82) is 0 Å². The maximum atomic E-state index is 3.50. The van der Waals surface area contributed by atoms with Crippen LogP contribution >= 0.6 is 0 Å². The van der Waals surface area contributed by atoms with Crippen LogP contribution in [0.1, 0.15) is 0 Å². The van der Waals surface area contributed by atoms with Gasteiger partial charge in [0, 0.05) is 11.8 Å². The molecule has 1 fully saturated rings. The molecule has 0 aromatic rings. The van der Waals surface area contributed by atoms with Crippen molar-refractivity contribution in [3.63, 3.8) is 0 Å². The summed E-state index contributed by atoms with van der Waals surface area (Å²) in [5, 5.41) is 10.5. The first-order valence-corrected chi connectivity index (χ1v) is 5.75. The van der Waals surface area contributed by atoms with E-state index in [4.69, 9.17) is 0 Å². The molecule has 0 atom stereocenters. The molecule has 0 aromatic carbocycles. The van der Waals surface area contributed by atoms with Crippen molar-refractivity contribution in [3.8, 4) is 0 Å². The number of nitrogens with zero attached hydrogens (tertiary/aromatic N) is 3. The van der Waals surface area contributed by atoms with E-state index in [2.05, 4.69) is 59.5 Å². The molecule has 0 saturated heterocycles. The van der Waals surface area contributed by atoms with Crippen LogP contribution in [0.15, 0.2) is 24.3 Å². The molecule has 0 spiro atoms. The first-order chi connectivity index (χ1) is 8.71. The number of hydrogen-bond acceptors (Lipinski definition) is 0. The van der Waals surface area contributed by atoms with E-state index in [0.717, 1.165) is 0 Å². The van der Waals surface area contributed by atoms with Gasteiger partial charge < -0.3 is 16.0 Å². The zero-order chi connectivity index (χ0) is 14.2. The van der Waals surface area contributed by atoms with Crippen LogP contribution in [0, 0.1) is 31.1 Å². The van der Waals surface area contributed by atoms with Crippen molar-refractivity contribution in [2.24, 2.45) is 0 Å². The summed E-state index contributed by atoms with van der Waals surface area (Å²) < 4.78 is 0. The SMILES string of the molecule is C[N-]C.C[N-]C.C[N-]C.[CH]1[CH][C]2C=CC=C[C]2[CH]1.[Ti+4]. The Labute approximate surface area is 135 Å². The van der Waals surface area contributed by atoms with E-state index in [1.165, 1.54) is 11.8 Å². The normalized spacial score (nSPS) is 15.7. The molecule has 2 rings (SSSR count). The third-order valence-electron chi connectivity index (χ3n) is 1.55. The van der Waals surface area contributed by atoms with Gasteiger partial charge in [-0.15, -0.1) is 0 Å². The van der Waals surface area contributed by atoms with Gasteiger partial charge >= 0.3 is 21.7 Å². The minimum Gasteiger partial charge on any atom is -0.668 e. The quantitative estimate of drug-likeness (QED) is 0.611. The standard InChI is InChI=1S/C9H7.3C2H6N.Ti/c1-2-5-9-7-3-6-8(9)4-1;3*1-3-2;/h1-7H;3*1-2H3;/q;3*-1;+4. The molecule has 2 aliphatic rings. The van der Waals surface area contributed by atoms with Gasteiger partial charge in [-0.2, -0.15) is 42.3 Å². The Balaban J connectivity index is -0.000000220. The molecule has 0 bridgehead atoms. The van der Waals surface area contributed by atoms with Crippen LogP contribution in [-0.2, 0) is 21.7 Å². The monoisotopic (exact) mass is 295 g/mol. The van der Waals surface area contributed by atoms with Crippen molar-refractivity contribution in [3.05, 3.63) is 71.4 Å². The Morgan fingerprint density at radius 3 is 1.16 bits per heavy atom. The topological polar surface area (TPSA) is 42.3 Å².